The molecule has 0 spiro atoms. The summed E-state index contributed by atoms with van der Waals surface area (Å²) in [4.78, 5) is 30.8. The lowest BCUT2D eigenvalue weighted by Crippen LogP contribution is -2.49. The van der Waals surface area contributed by atoms with Crippen molar-refractivity contribution in [3.8, 4) is 0 Å². The predicted molar refractivity (Wildman–Crippen MR) is 96.1 cm³/mol. The van der Waals surface area contributed by atoms with Gasteiger partial charge in [0.2, 0.25) is 5.91 Å². The smallest absolute Gasteiger partial charge is 0.328 e. The monoisotopic (exact) mass is 349 g/mol. The molecule has 3 amide bonds. The summed E-state index contributed by atoms with van der Waals surface area (Å²) in [5.74, 6) is -0.214. The molecule has 1 aromatic carbocycles. The van der Waals surface area contributed by atoms with E-state index in [0.29, 0.717) is 13.0 Å². The van der Waals surface area contributed by atoms with Crippen LogP contribution in [0.2, 0.25) is 0 Å². The van der Waals surface area contributed by atoms with Crippen LogP contribution in [-0.4, -0.2) is 49.6 Å². The van der Waals surface area contributed by atoms with Gasteiger partial charge in [0.05, 0.1) is 16.9 Å². The number of nitrogens with zero attached hydrogens (tertiary/aromatic N) is 2. The lowest BCUT2D eigenvalue weighted by molar-refractivity contribution is -0.120. The molecule has 0 aliphatic carbocycles. The molecular formula is C16H20ClN5O2. The number of carbonyl (C=O) groups is 2. The van der Waals surface area contributed by atoms with Gasteiger partial charge in [-0.2, -0.15) is 0 Å². The maximum Gasteiger partial charge on any atom is 0.328 e. The van der Waals surface area contributed by atoms with Crippen LogP contribution in [0.4, 0.5) is 16.2 Å². The number of aromatic amines is 1. The van der Waals surface area contributed by atoms with Crippen LogP contribution in [0, 0.1) is 0 Å². The van der Waals surface area contributed by atoms with Crippen molar-refractivity contribution < 1.29 is 9.59 Å². The van der Waals surface area contributed by atoms with Crippen LogP contribution < -0.4 is 20.4 Å². The highest BCUT2D eigenvalue weighted by atomic mass is 35.5. The molecule has 0 saturated carbocycles. The molecule has 2 aliphatic rings. The third kappa shape index (κ3) is 2.81. The number of fused-ring (bicyclic) bond motifs is 1. The quantitative estimate of drug-likeness (QED) is 0.766. The van der Waals surface area contributed by atoms with Gasteiger partial charge in [0.1, 0.15) is 0 Å². The molecule has 3 heterocycles. The topological polar surface area (TPSA) is 80.5 Å². The maximum absolute atomic E-state index is 12.1. The molecule has 8 heteroatoms. The van der Waals surface area contributed by atoms with Gasteiger partial charge in [-0.3, -0.25) is 15.0 Å². The Morgan fingerprint density at radius 1 is 0.958 bits per heavy atom. The first-order valence-corrected chi connectivity index (χ1v) is 7.91. The summed E-state index contributed by atoms with van der Waals surface area (Å²) in [6, 6.07) is 5.67. The van der Waals surface area contributed by atoms with Crippen molar-refractivity contribution in [3.63, 3.8) is 0 Å². The number of H-pyrrole nitrogens is 1. The van der Waals surface area contributed by atoms with Crippen LogP contribution in [0.3, 0.4) is 0 Å². The average molecular weight is 350 g/mol. The average Bonchev–Trinajstić information content (AvgIpc) is 3.05. The van der Waals surface area contributed by atoms with Crippen molar-refractivity contribution in [1.29, 1.82) is 0 Å². The Hall–Kier alpha value is -2.25. The Balaban J connectivity index is 0.00000169. The van der Waals surface area contributed by atoms with Gasteiger partial charge in [0.25, 0.3) is 0 Å². The molecule has 128 valence electrons. The zero-order valence-electron chi connectivity index (χ0n) is 13.2. The van der Waals surface area contributed by atoms with Gasteiger partial charge >= 0.3 is 6.03 Å². The number of hydrogen-bond acceptors (Lipinski definition) is 4. The van der Waals surface area contributed by atoms with Gasteiger partial charge < -0.3 is 15.2 Å². The van der Waals surface area contributed by atoms with Crippen molar-refractivity contribution in [2.24, 2.45) is 0 Å². The number of amides is 3. The van der Waals surface area contributed by atoms with E-state index in [1.807, 2.05) is 18.3 Å². The van der Waals surface area contributed by atoms with Gasteiger partial charge in [-0.05, 0) is 18.2 Å². The molecule has 3 N–H and O–H groups in total. The van der Waals surface area contributed by atoms with Gasteiger partial charge in [-0.25, -0.2) is 4.79 Å². The fraction of sp³-hybridized carbons (Fsp3) is 0.375. The number of piperazine rings is 1. The summed E-state index contributed by atoms with van der Waals surface area (Å²) in [6.07, 6.45) is 2.23. The van der Waals surface area contributed by atoms with Gasteiger partial charge in [-0.1, -0.05) is 0 Å². The highest BCUT2D eigenvalue weighted by Gasteiger charge is 2.26. The van der Waals surface area contributed by atoms with Gasteiger partial charge in [0.15, 0.2) is 0 Å². The Labute approximate surface area is 145 Å². The highest BCUT2D eigenvalue weighted by molar-refractivity contribution is 6.11. The summed E-state index contributed by atoms with van der Waals surface area (Å²) in [7, 11) is 0. The SMILES string of the molecule is Cl.O=C1CCN(c2ccc(N3CCNCC3)c3[nH]ccc23)C(=O)N1. The van der Waals surface area contributed by atoms with E-state index in [-0.39, 0.29) is 24.3 Å². The number of halogens is 1. The third-order valence-corrected chi connectivity index (χ3v) is 4.48. The van der Waals surface area contributed by atoms with Crippen LogP contribution >= 0.6 is 12.4 Å². The predicted octanol–water partition coefficient (Wildman–Crippen LogP) is 1.45. The summed E-state index contributed by atoms with van der Waals surface area (Å²) in [6.45, 7) is 4.29. The zero-order valence-corrected chi connectivity index (χ0v) is 14.0. The molecule has 0 bridgehead atoms. The zero-order chi connectivity index (χ0) is 15.8. The van der Waals surface area contributed by atoms with Crippen molar-refractivity contribution in [1.82, 2.24) is 15.6 Å². The largest absolute Gasteiger partial charge is 0.367 e. The summed E-state index contributed by atoms with van der Waals surface area (Å²) in [5.41, 5.74) is 3.03. The molecular weight excluding hydrogens is 330 g/mol. The highest BCUT2D eigenvalue weighted by Crippen LogP contribution is 2.34. The van der Waals surface area contributed by atoms with E-state index in [4.69, 9.17) is 0 Å². The first kappa shape index (κ1) is 16.6. The molecule has 7 nitrogen and oxygen atoms in total. The third-order valence-electron chi connectivity index (χ3n) is 4.48. The number of hydrogen-bond donors (Lipinski definition) is 3. The minimum atomic E-state index is -0.348. The number of carbonyl (C=O) groups excluding carboxylic acids is 2. The molecule has 4 rings (SSSR count). The van der Waals surface area contributed by atoms with Gasteiger partial charge in [0, 0.05) is 50.7 Å². The fourth-order valence-corrected chi connectivity index (χ4v) is 3.32. The Morgan fingerprint density at radius 3 is 2.46 bits per heavy atom. The lowest BCUT2D eigenvalue weighted by Gasteiger charge is -2.31. The molecule has 0 radical (unpaired) electrons. The van der Waals surface area contributed by atoms with Crippen LogP contribution in [0.5, 0.6) is 0 Å². The van der Waals surface area contributed by atoms with E-state index >= 15 is 0 Å². The number of benzene rings is 1. The first-order valence-electron chi connectivity index (χ1n) is 7.91. The molecule has 2 aromatic rings. The van der Waals surface area contributed by atoms with E-state index in [0.717, 1.165) is 48.5 Å². The van der Waals surface area contributed by atoms with Crippen LogP contribution in [0.1, 0.15) is 6.42 Å². The van der Waals surface area contributed by atoms with Crippen LogP contribution in [0.15, 0.2) is 24.4 Å². The maximum atomic E-state index is 12.1. The van der Waals surface area contributed by atoms with E-state index in [2.05, 4.69) is 26.6 Å². The number of imide groups is 1. The van der Waals surface area contributed by atoms with Crippen molar-refractivity contribution in [2.45, 2.75) is 6.42 Å². The number of urea groups is 1. The Morgan fingerprint density at radius 2 is 1.71 bits per heavy atom. The van der Waals surface area contributed by atoms with E-state index < -0.39 is 0 Å². The first-order chi connectivity index (χ1) is 11.2. The van der Waals surface area contributed by atoms with Gasteiger partial charge in [-0.15, -0.1) is 12.4 Å². The molecule has 0 unspecified atom stereocenters. The number of nitrogens with one attached hydrogen (secondary N) is 3. The standard InChI is InChI=1S/C16H19N5O2.ClH/c22-14-4-8-21(16(23)19-14)12-1-2-13(15-11(12)3-5-18-15)20-9-6-17-7-10-20;/h1-3,5,17-18H,4,6-10H2,(H,19,22,23);1H. The number of aromatic nitrogens is 1. The summed E-state index contributed by atoms with van der Waals surface area (Å²) < 4.78 is 0. The number of rotatable bonds is 2. The molecule has 1 aromatic heterocycles. The Kier molecular flexibility index (Phi) is 4.64. The van der Waals surface area contributed by atoms with Crippen molar-refractivity contribution in [2.75, 3.05) is 42.5 Å². The van der Waals surface area contributed by atoms with E-state index in [1.54, 1.807) is 4.90 Å². The van der Waals surface area contributed by atoms with Crippen molar-refractivity contribution >= 4 is 46.6 Å². The second-order valence-electron chi connectivity index (χ2n) is 5.86. The molecule has 2 fully saturated rings. The van der Waals surface area contributed by atoms with Crippen LogP contribution in [0.25, 0.3) is 10.9 Å². The lowest BCUT2D eigenvalue weighted by atomic mass is 10.1. The second-order valence-corrected chi connectivity index (χ2v) is 5.86. The fourth-order valence-electron chi connectivity index (χ4n) is 3.32. The summed E-state index contributed by atoms with van der Waals surface area (Å²) in [5, 5.41) is 6.74. The molecule has 2 saturated heterocycles. The molecule has 2 aliphatic heterocycles. The van der Waals surface area contributed by atoms with E-state index in [9.17, 15) is 9.59 Å². The molecule has 0 atom stereocenters. The van der Waals surface area contributed by atoms with E-state index in [1.165, 1.54) is 0 Å². The summed E-state index contributed by atoms with van der Waals surface area (Å²) >= 11 is 0. The minimum absolute atomic E-state index is 0. The molecule has 24 heavy (non-hydrogen) atoms. The van der Waals surface area contributed by atoms with Crippen molar-refractivity contribution in [3.05, 3.63) is 24.4 Å². The minimum Gasteiger partial charge on any atom is -0.367 e. The normalized spacial score (nSPS) is 18.5. The van der Waals surface area contributed by atoms with Crippen LogP contribution in [-0.2, 0) is 4.79 Å². The Bertz CT molecular complexity index is 769. The second kappa shape index (κ2) is 6.70. The number of anilines is 2.